The quantitative estimate of drug-likeness (QED) is 0.436. The van der Waals surface area contributed by atoms with E-state index in [1.807, 2.05) is 6.92 Å². The van der Waals surface area contributed by atoms with Crippen LogP contribution < -0.4 is 5.43 Å². The van der Waals surface area contributed by atoms with Crippen molar-refractivity contribution < 1.29 is 19.8 Å². The number of phenolic OH excluding ortho intramolecular Hbond substituents is 2. The van der Waals surface area contributed by atoms with Crippen LogP contribution in [-0.4, -0.2) is 33.6 Å². The van der Waals surface area contributed by atoms with Crippen LogP contribution in [0.1, 0.15) is 25.8 Å². The standard InChI is InChI=1S/C15H20N2O4/c1-4-7-17(16-15(21)10(2)3)14(20)9-11-5-6-12(18)13(19)8-11/h5-6,8,18-19H,2,4,7,9H2,1,3H3,(H,16,21). The molecule has 3 N–H and O–H groups in total. The molecule has 0 aliphatic heterocycles. The normalized spacial score (nSPS) is 10.0. The molecule has 114 valence electrons. The Morgan fingerprint density at radius 1 is 1.29 bits per heavy atom. The Balaban J connectivity index is 2.78. The van der Waals surface area contributed by atoms with E-state index in [4.69, 9.17) is 0 Å². The van der Waals surface area contributed by atoms with Crippen molar-refractivity contribution >= 4 is 11.8 Å². The van der Waals surface area contributed by atoms with E-state index in [0.717, 1.165) is 0 Å². The molecule has 0 heterocycles. The fraction of sp³-hybridized carbons (Fsp3) is 0.333. The number of hydrogen-bond donors (Lipinski definition) is 3. The van der Waals surface area contributed by atoms with Crippen LogP contribution in [0.25, 0.3) is 0 Å². The molecule has 0 spiro atoms. The van der Waals surface area contributed by atoms with Gasteiger partial charge in [0.2, 0.25) is 5.91 Å². The highest BCUT2D eigenvalue weighted by atomic mass is 16.3. The lowest BCUT2D eigenvalue weighted by atomic mass is 10.1. The number of benzene rings is 1. The molecule has 6 nitrogen and oxygen atoms in total. The first-order valence-corrected chi connectivity index (χ1v) is 6.62. The maximum Gasteiger partial charge on any atom is 0.264 e. The van der Waals surface area contributed by atoms with Crippen molar-refractivity contribution in [3.63, 3.8) is 0 Å². The predicted molar refractivity (Wildman–Crippen MR) is 78.4 cm³/mol. The topological polar surface area (TPSA) is 89.9 Å². The van der Waals surface area contributed by atoms with Crippen LogP contribution >= 0.6 is 0 Å². The fourth-order valence-corrected chi connectivity index (χ4v) is 1.63. The summed E-state index contributed by atoms with van der Waals surface area (Å²) in [5.74, 6) is -1.25. The van der Waals surface area contributed by atoms with Gasteiger partial charge in [-0.15, -0.1) is 0 Å². The van der Waals surface area contributed by atoms with E-state index < -0.39 is 5.91 Å². The molecule has 0 saturated carbocycles. The summed E-state index contributed by atoms with van der Waals surface area (Å²) < 4.78 is 0. The number of rotatable bonds is 5. The lowest BCUT2D eigenvalue weighted by Crippen LogP contribution is -2.47. The van der Waals surface area contributed by atoms with Gasteiger partial charge in [-0.1, -0.05) is 19.6 Å². The van der Waals surface area contributed by atoms with Crippen molar-refractivity contribution in [2.75, 3.05) is 6.54 Å². The van der Waals surface area contributed by atoms with Gasteiger partial charge in [0.15, 0.2) is 11.5 Å². The molecule has 0 aliphatic carbocycles. The number of hydrogen-bond acceptors (Lipinski definition) is 4. The lowest BCUT2D eigenvalue weighted by molar-refractivity contribution is -0.139. The van der Waals surface area contributed by atoms with Crippen molar-refractivity contribution in [1.82, 2.24) is 10.4 Å². The van der Waals surface area contributed by atoms with Gasteiger partial charge in [-0.25, -0.2) is 0 Å². The molecule has 1 aromatic carbocycles. The molecule has 1 aromatic rings. The Bertz CT molecular complexity index is 555. The van der Waals surface area contributed by atoms with E-state index in [1.165, 1.54) is 23.2 Å². The van der Waals surface area contributed by atoms with E-state index in [9.17, 15) is 19.8 Å². The van der Waals surface area contributed by atoms with Crippen LogP contribution in [0.4, 0.5) is 0 Å². The Morgan fingerprint density at radius 2 is 1.95 bits per heavy atom. The highest BCUT2D eigenvalue weighted by Gasteiger charge is 2.16. The second-order valence-electron chi connectivity index (χ2n) is 4.77. The van der Waals surface area contributed by atoms with Crippen LogP contribution in [0, 0.1) is 0 Å². The van der Waals surface area contributed by atoms with Gasteiger partial charge >= 0.3 is 0 Å². The summed E-state index contributed by atoms with van der Waals surface area (Å²) in [5.41, 5.74) is 3.35. The second kappa shape index (κ2) is 7.33. The minimum Gasteiger partial charge on any atom is -0.504 e. The van der Waals surface area contributed by atoms with Crippen molar-refractivity contribution in [3.05, 3.63) is 35.9 Å². The third-order valence-corrected chi connectivity index (χ3v) is 2.77. The maximum absolute atomic E-state index is 12.2. The van der Waals surface area contributed by atoms with Crippen LogP contribution in [0.15, 0.2) is 30.4 Å². The van der Waals surface area contributed by atoms with Gasteiger partial charge in [0.25, 0.3) is 5.91 Å². The number of phenols is 2. The number of carbonyl (C=O) groups excluding carboxylic acids is 2. The zero-order valence-corrected chi connectivity index (χ0v) is 12.2. The Labute approximate surface area is 123 Å². The Hall–Kier alpha value is -2.50. The number of aromatic hydroxyl groups is 2. The Morgan fingerprint density at radius 3 is 2.48 bits per heavy atom. The second-order valence-corrected chi connectivity index (χ2v) is 4.77. The molecule has 1 rings (SSSR count). The monoisotopic (exact) mass is 292 g/mol. The van der Waals surface area contributed by atoms with Gasteiger partial charge in [-0.3, -0.25) is 20.0 Å². The van der Waals surface area contributed by atoms with E-state index >= 15 is 0 Å². The van der Waals surface area contributed by atoms with E-state index in [1.54, 1.807) is 6.92 Å². The lowest BCUT2D eigenvalue weighted by Gasteiger charge is -2.23. The molecule has 0 atom stereocenters. The molecule has 0 aromatic heterocycles. The summed E-state index contributed by atoms with van der Waals surface area (Å²) >= 11 is 0. The number of amides is 2. The van der Waals surface area contributed by atoms with Crippen LogP contribution in [0.5, 0.6) is 11.5 Å². The minimum atomic E-state index is -0.412. The molecule has 0 aliphatic rings. The summed E-state index contributed by atoms with van der Waals surface area (Å²) in [4.78, 5) is 23.8. The van der Waals surface area contributed by atoms with Crippen LogP contribution in [0.3, 0.4) is 0 Å². The molecule has 6 heteroatoms. The van der Waals surface area contributed by atoms with Crippen molar-refractivity contribution in [2.24, 2.45) is 0 Å². The van der Waals surface area contributed by atoms with Gasteiger partial charge in [0, 0.05) is 12.1 Å². The first-order chi connectivity index (χ1) is 9.85. The average Bonchev–Trinajstić information content (AvgIpc) is 2.42. The molecule has 0 bridgehead atoms. The van der Waals surface area contributed by atoms with Gasteiger partial charge < -0.3 is 10.2 Å². The number of hydrazine groups is 1. The SMILES string of the molecule is C=C(C)C(=O)NN(CCC)C(=O)Cc1ccc(O)c(O)c1. The van der Waals surface area contributed by atoms with Crippen molar-refractivity contribution in [2.45, 2.75) is 26.7 Å². The molecule has 0 fully saturated rings. The highest BCUT2D eigenvalue weighted by molar-refractivity contribution is 5.93. The van der Waals surface area contributed by atoms with Crippen LogP contribution in [0.2, 0.25) is 0 Å². The number of nitrogens with one attached hydrogen (secondary N) is 1. The zero-order chi connectivity index (χ0) is 16.0. The van der Waals surface area contributed by atoms with Crippen molar-refractivity contribution in [3.8, 4) is 11.5 Å². The van der Waals surface area contributed by atoms with Gasteiger partial charge in [0.1, 0.15) is 0 Å². The van der Waals surface area contributed by atoms with Gasteiger partial charge in [-0.2, -0.15) is 0 Å². The maximum atomic E-state index is 12.2. The fourth-order valence-electron chi connectivity index (χ4n) is 1.63. The van der Waals surface area contributed by atoms with Crippen molar-refractivity contribution in [1.29, 1.82) is 0 Å². The summed E-state index contributed by atoms with van der Waals surface area (Å²) in [6.07, 6.45) is 0.688. The third-order valence-electron chi connectivity index (χ3n) is 2.77. The van der Waals surface area contributed by atoms with E-state index in [-0.39, 0.29) is 23.8 Å². The van der Waals surface area contributed by atoms with E-state index in [2.05, 4.69) is 12.0 Å². The largest absolute Gasteiger partial charge is 0.504 e. The first kappa shape index (κ1) is 16.6. The first-order valence-electron chi connectivity index (χ1n) is 6.62. The number of nitrogens with zero attached hydrogens (tertiary/aromatic N) is 1. The van der Waals surface area contributed by atoms with Gasteiger partial charge in [-0.05, 0) is 31.0 Å². The third kappa shape index (κ3) is 4.83. The summed E-state index contributed by atoms with van der Waals surface area (Å²) in [7, 11) is 0. The zero-order valence-electron chi connectivity index (χ0n) is 12.2. The molecule has 2 amide bonds. The summed E-state index contributed by atoms with van der Waals surface area (Å²) in [5, 5.41) is 19.9. The number of carbonyl (C=O) groups is 2. The van der Waals surface area contributed by atoms with Gasteiger partial charge in [0.05, 0.1) is 6.42 Å². The summed E-state index contributed by atoms with van der Waals surface area (Å²) in [6, 6.07) is 4.17. The van der Waals surface area contributed by atoms with Crippen LogP contribution in [-0.2, 0) is 16.0 Å². The highest BCUT2D eigenvalue weighted by Crippen LogP contribution is 2.25. The van der Waals surface area contributed by atoms with E-state index in [0.29, 0.717) is 24.1 Å². The smallest absolute Gasteiger partial charge is 0.264 e. The summed E-state index contributed by atoms with van der Waals surface area (Å²) in [6.45, 7) is 7.34. The average molecular weight is 292 g/mol. The molecular formula is C15H20N2O4. The molecule has 0 unspecified atom stereocenters. The molecular weight excluding hydrogens is 272 g/mol. The molecule has 0 saturated heterocycles. The minimum absolute atomic E-state index is 0.00428. The predicted octanol–water partition coefficient (Wildman–Crippen LogP) is 1.49. The molecule has 0 radical (unpaired) electrons. The molecule has 21 heavy (non-hydrogen) atoms. The Kier molecular flexibility index (Phi) is 5.78.